The van der Waals surface area contributed by atoms with E-state index in [-0.39, 0.29) is 0 Å². The first-order chi connectivity index (χ1) is 7.77. The van der Waals surface area contributed by atoms with Crippen molar-refractivity contribution >= 4 is 28.2 Å². The molecule has 0 aliphatic heterocycles. The fourth-order valence-corrected chi connectivity index (χ4v) is 2.59. The predicted octanol–water partition coefficient (Wildman–Crippen LogP) is 2.44. The van der Waals surface area contributed by atoms with Gasteiger partial charge in [0.05, 0.1) is 0 Å². The second-order valence-electron chi connectivity index (χ2n) is 3.70. The highest BCUT2D eigenvalue weighted by molar-refractivity contribution is 7.98. The highest BCUT2D eigenvalue weighted by atomic mass is 32.2. The summed E-state index contributed by atoms with van der Waals surface area (Å²) in [5, 5.41) is 4.52. The first-order valence-corrected chi connectivity index (χ1v) is 7.84. The van der Waals surface area contributed by atoms with E-state index in [0.29, 0.717) is 0 Å². The van der Waals surface area contributed by atoms with Gasteiger partial charge in [0.2, 0.25) is 0 Å². The van der Waals surface area contributed by atoms with Crippen LogP contribution >= 0.6 is 23.1 Å². The predicted molar refractivity (Wildman–Crippen MR) is 75.8 cm³/mol. The van der Waals surface area contributed by atoms with Crippen molar-refractivity contribution in [3.05, 3.63) is 11.1 Å². The van der Waals surface area contributed by atoms with Gasteiger partial charge in [-0.15, -0.1) is 11.3 Å². The van der Waals surface area contributed by atoms with Gasteiger partial charge in [0.15, 0.2) is 5.13 Å². The summed E-state index contributed by atoms with van der Waals surface area (Å²) in [7, 11) is 2.11. The Morgan fingerprint density at radius 2 is 2.38 bits per heavy atom. The maximum atomic E-state index is 4.44. The molecular formula is C11H21N3S2. The summed E-state index contributed by atoms with van der Waals surface area (Å²) in [6.07, 6.45) is 5.30. The lowest BCUT2D eigenvalue weighted by atomic mass is 10.4. The SMILES string of the molecule is CCCNCc1cnc(N(C)CCSC)s1. The van der Waals surface area contributed by atoms with Gasteiger partial charge in [0, 0.05) is 37.0 Å². The van der Waals surface area contributed by atoms with E-state index in [4.69, 9.17) is 0 Å². The van der Waals surface area contributed by atoms with Gasteiger partial charge in [-0.1, -0.05) is 6.92 Å². The smallest absolute Gasteiger partial charge is 0.185 e. The van der Waals surface area contributed by atoms with Gasteiger partial charge >= 0.3 is 0 Å². The van der Waals surface area contributed by atoms with Crippen LogP contribution in [0.25, 0.3) is 0 Å². The Labute approximate surface area is 107 Å². The van der Waals surface area contributed by atoms with Crippen LogP contribution in [-0.2, 0) is 6.54 Å². The van der Waals surface area contributed by atoms with E-state index in [1.807, 2.05) is 18.0 Å². The molecule has 5 heteroatoms. The number of aromatic nitrogens is 1. The molecule has 0 atom stereocenters. The van der Waals surface area contributed by atoms with Crippen LogP contribution in [0.4, 0.5) is 5.13 Å². The van der Waals surface area contributed by atoms with Gasteiger partial charge in [-0.05, 0) is 19.2 Å². The number of anilines is 1. The molecule has 0 bridgehead atoms. The first-order valence-electron chi connectivity index (χ1n) is 5.63. The Bertz CT molecular complexity index is 289. The molecule has 0 saturated heterocycles. The lowest BCUT2D eigenvalue weighted by Gasteiger charge is -2.14. The average Bonchev–Trinajstić information content (AvgIpc) is 2.75. The third-order valence-corrected chi connectivity index (χ3v) is 3.93. The highest BCUT2D eigenvalue weighted by Crippen LogP contribution is 2.21. The molecule has 0 radical (unpaired) electrons. The van der Waals surface area contributed by atoms with Crippen LogP contribution in [0.5, 0.6) is 0 Å². The summed E-state index contributed by atoms with van der Waals surface area (Å²) in [5.41, 5.74) is 0. The van der Waals surface area contributed by atoms with Crippen molar-refractivity contribution < 1.29 is 0 Å². The van der Waals surface area contributed by atoms with E-state index in [2.05, 4.69) is 35.4 Å². The first kappa shape index (κ1) is 13.8. The van der Waals surface area contributed by atoms with E-state index < -0.39 is 0 Å². The molecule has 1 aromatic heterocycles. The molecule has 3 nitrogen and oxygen atoms in total. The summed E-state index contributed by atoms with van der Waals surface area (Å²) in [6.45, 7) is 5.27. The lowest BCUT2D eigenvalue weighted by Crippen LogP contribution is -2.19. The molecule has 0 saturated carbocycles. The molecule has 0 spiro atoms. The van der Waals surface area contributed by atoms with Crippen LogP contribution in [0.1, 0.15) is 18.2 Å². The van der Waals surface area contributed by atoms with Gasteiger partial charge in [-0.2, -0.15) is 11.8 Å². The molecule has 1 aromatic rings. The molecule has 16 heavy (non-hydrogen) atoms. The maximum absolute atomic E-state index is 4.44. The minimum Gasteiger partial charge on any atom is -0.350 e. The van der Waals surface area contributed by atoms with Crippen molar-refractivity contribution in [3.8, 4) is 0 Å². The minimum absolute atomic E-state index is 0.946. The summed E-state index contributed by atoms with van der Waals surface area (Å²) in [4.78, 5) is 7.99. The second-order valence-corrected chi connectivity index (χ2v) is 5.78. The number of thiazole rings is 1. The van der Waals surface area contributed by atoms with Crippen LogP contribution in [0.15, 0.2) is 6.20 Å². The van der Waals surface area contributed by atoms with Crippen LogP contribution in [-0.4, -0.2) is 37.1 Å². The van der Waals surface area contributed by atoms with Crippen molar-refractivity contribution in [1.29, 1.82) is 0 Å². The zero-order valence-corrected chi connectivity index (χ0v) is 12.0. The Kier molecular flexibility index (Phi) is 6.84. The van der Waals surface area contributed by atoms with E-state index in [0.717, 1.165) is 30.5 Å². The largest absolute Gasteiger partial charge is 0.350 e. The number of rotatable bonds is 8. The Morgan fingerprint density at radius 3 is 3.06 bits per heavy atom. The zero-order valence-electron chi connectivity index (χ0n) is 10.3. The number of hydrogen-bond acceptors (Lipinski definition) is 5. The summed E-state index contributed by atoms with van der Waals surface area (Å²) in [6, 6.07) is 0. The molecule has 0 fully saturated rings. The highest BCUT2D eigenvalue weighted by Gasteiger charge is 2.05. The molecule has 1 N–H and O–H groups in total. The molecule has 1 rings (SSSR count). The van der Waals surface area contributed by atoms with Gasteiger partial charge < -0.3 is 10.2 Å². The fourth-order valence-electron chi connectivity index (χ4n) is 1.27. The molecule has 0 aliphatic rings. The standard InChI is InChI=1S/C11H21N3S2/c1-4-5-12-8-10-9-13-11(16-10)14(2)6-7-15-3/h9,12H,4-8H2,1-3H3. The van der Waals surface area contributed by atoms with Gasteiger partial charge in [0.25, 0.3) is 0 Å². The molecule has 1 heterocycles. The number of nitrogens with one attached hydrogen (secondary N) is 1. The van der Waals surface area contributed by atoms with Crippen molar-refractivity contribution in [2.45, 2.75) is 19.9 Å². The summed E-state index contributed by atoms with van der Waals surface area (Å²) in [5.74, 6) is 1.15. The van der Waals surface area contributed by atoms with Crippen molar-refractivity contribution in [2.24, 2.45) is 0 Å². The molecule has 0 amide bonds. The molecule has 0 aliphatic carbocycles. The zero-order chi connectivity index (χ0) is 11.8. The third kappa shape index (κ3) is 4.72. The third-order valence-electron chi connectivity index (χ3n) is 2.22. The van der Waals surface area contributed by atoms with Gasteiger partial charge in [0.1, 0.15) is 0 Å². The molecular weight excluding hydrogens is 238 g/mol. The number of nitrogens with zero attached hydrogens (tertiary/aromatic N) is 2. The van der Waals surface area contributed by atoms with Crippen molar-refractivity contribution in [1.82, 2.24) is 10.3 Å². The number of thioether (sulfide) groups is 1. The van der Waals surface area contributed by atoms with E-state index in [1.54, 1.807) is 11.3 Å². The quantitative estimate of drug-likeness (QED) is 0.726. The van der Waals surface area contributed by atoms with E-state index in [9.17, 15) is 0 Å². The topological polar surface area (TPSA) is 28.2 Å². The fraction of sp³-hybridized carbons (Fsp3) is 0.727. The second kappa shape index (κ2) is 7.92. The molecule has 92 valence electrons. The monoisotopic (exact) mass is 259 g/mol. The Hall–Kier alpha value is -0.260. The minimum atomic E-state index is 0.946. The van der Waals surface area contributed by atoms with Crippen LogP contribution in [0, 0.1) is 0 Å². The van der Waals surface area contributed by atoms with Crippen LogP contribution in [0.3, 0.4) is 0 Å². The van der Waals surface area contributed by atoms with E-state index in [1.165, 1.54) is 11.3 Å². The normalized spacial score (nSPS) is 10.7. The van der Waals surface area contributed by atoms with Crippen molar-refractivity contribution in [2.75, 3.05) is 37.0 Å². The van der Waals surface area contributed by atoms with E-state index >= 15 is 0 Å². The van der Waals surface area contributed by atoms with Crippen LogP contribution < -0.4 is 10.2 Å². The van der Waals surface area contributed by atoms with Gasteiger partial charge in [-0.3, -0.25) is 0 Å². The Balaban J connectivity index is 2.37. The summed E-state index contributed by atoms with van der Waals surface area (Å²) < 4.78 is 0. The lowest BCUT2D eigenvalue weighted by molar-refractivity contribution is 0.681. The molecule has 0 unspecified atom stereocenters. The number of hydrogen-bond donors (Lipinski definition) is 1. The molecule has 0 aromatic carbocycles. The van der Waals surface area contributed by atoms with Crippen molar-refractivity contribution in [3.63, 3.8) is 0 Å². The van der Waals surface area contributed by atoms with Gasteiger partial charge in [-0.25, -0.2) is 4.98 Å². The van der Waals surface area contributed by atoms with Crippen LogP contribution in [0.2, 0.25) is 0 Å². The summed E-state index contributed by atoms with van der Waals surface area (Å²) >= 11 is 3.66. The Morgan fingerprint density at radius 1 is 1.56 bits per heavy atom. The average molecular weight is 259 g/mol. The maximum Gasteiger partial charge on any atom is 0.185 e.